The van der Waals surface area contributed by atoms with Gasteiger partial charge in [-0.15, -0.1) is 0 Å². The van der Waals surface area contributed by atoms with E-state index in [4.69, 9.17) is 5.11 Å². The number of thioether (sulfide) groups is 1. The number of aliphatic hydroxyl groups is 1. The third-order valence-electron chi connectivity index (χ3n) is 1.40. The van der Waals surface area contributed by atoms with Crippen LogP contribution in [0.5, 0.6) is 0 Å². The summed E-state index contributed by atoms with van der Waals surface area (Å²) in [5.74, 6) is -0.0140. The van der Waals surface area contributed by atoms with Gasteiger partial charge in [-0.25, -0.2) is 0 Å². The minimum Gasteiger partial charge on any atom is -0.392 e. The van der Waals surface area contributed by atoms with Crippen LogP contribution in [0.2, 0.25) is 0 Å². The van der Waals surface area contributed by atoms with Crippen LogP contribution in [0, 0.1) is 0 Å². The molecule has 80 valence electrons. The van der Waals surface area contributed by atoms with Gasteiger partial charge >= 0.3 is 5.51 Å². The van der Waals surface area contributed by atoms with Gasteiger partial charge in [0.1, 0.15) is 0 Å². The molecule has 0 saturated heterocycles. The number of hydrogen-bond acceptors (Lipinski definition) is 3. The van der Waals surface area contributed by atoms with Crippen LogP contribution < -0.4 is 5.32 Å². The molecular weight excluding hydrogens is 203 g/mol. The topological polar surface area (TPSA) is 32.3 Å². The molecule has 0 heterocycles. The predicted molar refractivity (Wildman–Crippen MR) is 47.7 cm³/mol. The Labute approximate surface area is 79.9 Å². The van der Waals surface area contributed by atoms with Gasteiger partial charge in [-0.3, -0.25) is 0 Å². The van der Waals surface area contributed by atoms with Crippen LogP contribution >= 0.6 is 11.8 Å². The second-order valence-corrected chi connectivity index (χ2v) is 3.72. The zero-order valence-electron chi connectivity index (χ0n) is 7.40. The molecule has 1 atom stereocenters. The molecule has 0 amide bonds. The van der Waals surface area contributed by atoms with E-state index in [0.29, 0.717) is 13.0 Å². The van der Waals surface area contributed by atoms with Crippen molar-refractivity contribution in [2.24, 2.45) is 0 Å². The van der Waals surface area contributed by atoms with Gasteiger partial charge in [0.25, 0.3) is 0 Å². The van der Waals surface area contributed by atoms with E-state index in [9.17, 15) is 13.2 Å². The van der Waals surface area contributed by atoms with Crippen LogP contribution in [0.4, 0.5) is 13.2 Å². The van der Waals surface area contributed by atoms with E-state index >= 15 is 0 Å². The van der Waals surface area contributed by atoms with Crippen LogP contribution in [0.3, 0.4) is 0 Å². The molecule has 0 spiro atoms. The van der Waals surface area contributed by atoms with Crippen molar-refractivity contribution in [3.05, 3.63) is 0 Å². The highest BCUT2D eigenvalue weighted by Crippen LogP contribution is 2.29. The zero-order valence-corrected chi connectivity index (χ0v) is 8.21. The van der Waals surface area contributed by atoms with Crippen molar-refractivity contribution in [3.8, 4) is 0 Å². The van der Waals surface area contributed by atoms with E-state index in [0.717, 1.165) is 0 Å². The average Bonchev–Trinajstić information content (AvgIpc) is 2.01. The first-order valence-electron chi connectivity index (χ1n) is 4.05. The highest BCUT2D eigenvalue weighted by Gasteiger charge is 2.27. The van der Waals surface area contributed by atoms with E-state index in [1.165, 1.54) is 0 Å². The fourth-order valence-corrected chi connectivity index (χ4v) is 1.13. The molecule has 6 heteroatoms. The molecule has 0 aliphatic heterocycles. The van der Waals surface area contributed by atoms with E-state index in [1.807, 2.05) is 6.92 Å². The van der Waals surface area contributed by atoms with E-state index in [-0.39, 0.29) is 24.1 Å². The van der Waals surface area contributed by atoms with Crippen LogP contribution in [-0.4, -0.2) is 35.6 Å². The molecule has 0 aromatic rings. The van der Waals surface area contributed by atoms with Gasteiger partial charge in [0.15, 0.2) is 0 Å². The zero-order chi connectivity index (χ0) is 10.3. The molecule has 13 heavy (non-hydrogen) atoms. The number of rotatable bonds is 6. The Balaban J connectivity index is 3.18. The van der Waals surface area contributed by atoms with Crippen LogP contribution in [0.15, 0.2) is 0 Å². The average molecular weight is 217 g/mol. The molecule has 0 aliphatic rings. The maximum Gasteiger partial charge on any atom is 0.441 e. The summed E-state index contributed by atoms with van der Waals surface area (Å²) in [6, 6.07) is 0. The first kappa shape index (κ1) is 13.1. The molecule has 0 rings (SSSR count). The molecule has 2 nitrogen and oxygen atoms in total. The van der Waals surface area contributed by atoms with Crippen molar-refractivity contribution < 1.29 is 18.3 Å². The molecule has 0 aliphatic carbocycles. The van der Waals surface area contributed by atoms with Crippen molar-refractivity contribution in [1.82, 2.24) is 5.32 Å². The van der Waals surface area contributed by atoms with E-state index in [1.54, 1.807) is 0 Å². The smallest absolute Gasteiger partial charge is 0.392 e. The predicted octanol–water partition coefficient (Wildman–Crippen LogP) is 1.60. The summed E-state index contributed by atoms with van der Waals surface area (Å²) in [7, 11) is 0. The Kier molecular flexibility index (Phi) is 6.53. The van der Waals surface area contributed by atoms with Gasteiger partial charge in [-0.2, -0.15) is 13.2 Å². The summed E-state index contributed by atoms with van der Waals surface area (Å²) in [5.41, 5.74) is -4.15. The summed E-state index contributed by atoms with van der Waals surface area (Å²) in [5, 5.41) is 11.8. The Morgan fingerprint density at radius 2 is 2.08 bits per heavy atom. The number of hydrogen-bond donors (Lipinski definition) is 2. The lowest BCUT2D eigenvalue weighted by Crippen LogP contribution is -2.28. The molecular formula is C7H14F3NOS. The number of halogens is 3. The largest absolute Gasteiger partial charge is 0.441 e. The molecule has 0 fully saturated rings. The van der Waals surface area contributed by atoms with Crippen molar-refractivity contribution in [2.45, 2.75) is 25.0 Å². The van der Waals surface area contributed by atoms with Gasteiger partial charge in [0.2, 0.25) is 0 Å². The fraction of sp³-hybridized carbons (Fsp3) is 1.00. The number of nitrogens with one attached hydrogen (secondary N) is 1. The lowest BCUT2D eigenvalue weighted by atomic mass is 10.3. The lowest BCUT2D eigenvalue weighted by molar-refractivity contribution is -0.0327. The Morgan fingerprint density at radius 3 is 2.54 bits per heavy atom. The van der Waals surface area contributed by atoms with Gasteiger partial charge in [0, 0.05) is 18.8 Å². The molecule has 1 unspecified atom stereocenters. The first-order valence-corrected chi connectivity index (χ1v) is 5.03. The first-order chi connectivity index (χ1) is 5.95. The lowest BCUT2D eigenvalue weighted by Gasteiger charge is -2.09. The van der Waals surface area contributed by atoms with E-state index < -0.39 is 11.6 Å². The summed E-state index contributed by atoms with van der Waals surface area (Å²) >= 11 is -0.0513. The van der Waals surface area contributed by atoms with Crippen molar-refractivity contribution >= 4 is 11.8 Å². The second kappa shape index (κ2) is 6.50. The van der Waals surface area contributed by atoms with Crippen LogP contribution in [0.1, 0.15) is 13.3 Å². The standard InChI is InChI=1S/C7H14F3NOS/c1-2-6(12)5-11-3-4-13-7(8,9)10/h6,11-12H,2-5H2,1H3. The van der Waals surface area contributed by atoms with Crippen LogP contribution in [0.25, 0.3) is 0 Å². The Morgan fingerprint density at radius 1 is 1.46 bits per heavy atom. The molecule has 0 saturated carbocycles. The molecule has 0 aromatic carbocycles. The minimum atomic E-state index is -4.15. The summed E-state index contributed by atoms with van der Waals surface area (Å²) in [6.07, 6.45) is 0.148. The van der Waals surface area contributed by atoms with Crippen LogP contribution in [-0.2, 0) is 0 Å². The SMILES string of the molecule is CCC(O)CNCCSC(F)(F)F. The number of aliphatic hydroxyl groups excluding tert-OH is 1. The minimum absolute atomic E-state index is 0.0140. The van der Waals surface area contributed by atoms with Crippen molar-refractivity contribution in [1.29, 1.82) is 0 Å². The number of alkyl halides is 3. The quantitative estimate of drug-likeness (QED) is 0.663. The molecule has 0 aromatic heterocycles. The van der Waals surface area contributed by atoms with Crippen molar-refractivity contribution in [2.75, 3.05) is 18.8 Å². The molecule has 2 N–H and O–H groups in total. The van der Waals surface area contributed by atoms with Gasteiger partial charge < -0.3 is 10.4 Å². The third kappa shape index (κ3) is 9.98. The Bertz CT molecular complexity index is 131. The summed E-state index contributed by atoms with van der Waals surface area (Å²) in [6.45, 7) is 2.44. The third-order valence-corrected chi connectivity index (χ3v) is 2.13. The van der Waals surface area contributed by atoms with Gasteiger partial charge in [0.05, 0.1) is 6.10 Å². The highest BCUT2D eigenvalue weighted by atomic mass is 32.2. The van der Waals surface area contributed by atoms with Crippen molar-refractivity contribution in [3.63, 3.8) is 0 Å². The monoisotopic (exact) mass is 217 g/mol. The highest BCUT2D eigenvalue weighted by molar-refractivity contribution is 8.00. The molecule has 0 radical (unpaired) electrons. The maximum absolute atomic E-state index is 11.6. The summed E-state index contributed by atoms with van der Waals surface area (Å²) in [4.78, 5) is 0. The summed E-state index contributed by atoms with van der Waals surface area (Å²) < 4.78 is 34.8. The maximum atomic E-state index is 11.6. The van der Waals surface area contributed by atoms with E-state index in [2.05, 4.69) is 5.32 Å². The fourth-order valence-electron chi connectivity index (χ4n) is 0.652. The van der Waals surface area contributed by atoms with Gasteiger partial charge in [-0.05, 0) is 18.2 Å². The normalized spacial score (nSPS) is 14.5. The van der Waals surface area contributed by atoms with Gasteiger partial charge in [-0.1, -0.05) is 6.92 Å². The Hall–Kier alpha value is 0.0600. The molecule has 0 bridgehead atoms. The second-order valence-electron chi connectivity index (χ2n) is 2.56.